The van der Waals surface area contributed by atoms with Crippen molar-refractivity contribution >= 4 is 5.82 Å². The predicted octanol–water partition coefficient (Wildman–Crippen LogP) is 0.983. The van der Waals surface area contributed by atoms with Crippen molar-refractivity contribution in [3.05, 3.63) is 17.8 Å². The molecule has 0 radical (unpaired) electrons. The Kier molecular flexibility index (Phi) is 2.83. The van der Waals surface area contributed by atoms with Crippen LogP contribution in [0.25, 0.3) is 0 Å². The van der Waals surface area contributed by atoms with Gasteiger partial charge in [0.15, 0.2) is 0 Å². The molecule has 13 heavy (non-hydrogen) atoms. The van der Waals surface area contributed by atoms with Crippen LogP contribution in [0.1, 0.15) is 19.4 Å². The summed E-state index contributed by atoms with van der Waals surface area (Å²) in [5, 5.41) is 7.50. The Balaban J connectivity index is 2.93. The van der Waals surface area contributed by atoms with Gasteiger partial charge in [0, 0.05) is 12.5 Å². The smallest absolute Gasteiger partial charge is 0.146 e. The first kappa shape index (κ1) is 9.92. The summed E-state index contributed by atoms with van der Waals surface area (Å²) in [5.74, 6) is 0.446. The van der Waals surface area contributed by atoms with Gasteiger partial charge in [0.1, 0.15) is 5.82 Å². The molecule has 72 valence electrons. The molecule has 0 fully saturated rings. The first-order chi connectivity index (χ1) is 6.06. The Morgan fingerprint density at radius 1 is 1.54 bits per heavy atom. The van der Waals surface area contributed by atoms with E-state index in [1.165, 1.54) is 0 Å². The Hall–Kier alpha value is -1.16. The van der Waals surface area contributed by atoms with Gasteiger partial charge in [-0.2, -0.15) is 5.10 Å². The van der Waals surface area contributed by atoms with E-state index < -0.39 is 0 Å². The maximum absolute atomic E-state index is 5.54. The summed E-state index contributed by atoms with van der Waals surface area (Å²) in [6.07, 6.45) is 1.72. The summed E-state index contributed by atoms with van der Waals surface area (Å²) in [5.41, 5.74) is 6.51. The van der Waals surface area contributed by atoms with Crippen molar-refractivity contribution < 1.29 is 4.74 Å². The molecule has 0 spiro atoms. The molecular weight excluding hydrogens is 166 g/mol. The Morgan fingerprint density at radius 3 is 2.77 bits per heavy atom. The molecule has 1 aromatic rings. The first-order valence-corrected chi connectivity index (χ1v) is 4.14. The number of nitrogen functional groups attached to an aromatic ring is 1. The maximum atomic E-state index is 5.54. The zero-order valence-corrected chi connectivity index (χ0v) is 8.24. The van der Waals surface area contributed by atoms with E-state index in [9.17, 15) is 0 Å². The molecule has 4 nitrogen and oxygen atoms in total. The third kappa shape index (κ3) is 2.39. The normalized spacial score (nSPS) is 11.6. The second kappa shape index (κ2) is 3.70. The van der Waals surface area contributed by atoms with Gasteiger partial charge < -0.3 is 10.5 Å². The van der Waals surface area contributed by atoms with E-state index in [1.807, 2.05) is 6.07 Å². The fourth-order valence-corrected chi connectivity index (χ4v) is 1.20. The molecule has 0 saturated heterocycles. The molecule has 1 aromatic heterocycles. The van der Waals surface area contributed by atoms with E-state index >= 15 is 0 Å². The second-order valence-corrected chi connectivity index (χ2v) is 3.69. The molecule has 0 aromatic carbocycles. The number of nitrogens with zero attached hydrogens (tertiary/aromatic N) is 2. The quantitative estimate of drug-likeness (QED) is 0.755. The van der Waals surface area contributed by atoms with Crippen LogP contribution in [0, 0.1) is 0 Å². The topological polar surface area (TPSA) is 61.0 Å². The van der Waals surface area contributed by atoms with Gasteiger partial charge in [0.2, 0.25) is 0 Å². The lowest BCUT2D eigenvalue weighted by Gasteiger charge is -2.23. The Bertz CT molecular complexity index is 286. The Labute approximate surface area is 78.1 Å². The summed E-state index contributed by atoms with van der Waals surface area (Å²) < 4.78 is 5.11. The molecule has 0 atom stereocenters. The number of hydrogen-bond donors (Lipinski definition) is 1. The van der Waals surface area contributed by atoms with Crippen LogP contribution in [0.3, 0.4) is 0 Å². The second-order valence-electron chi connectivity index (χ2n) is 3.69. The van der Waals surface area contributed by atoms with Crippen molar-refractivity contribution in [1.82, 2.24) is 10.2 Å². The van der Waals surface area contributed by atoms with Gasteiger partial charge in [0.05, 0.1) is 12.8 Å². The highest BCUT2D eigenvalue weighted by atomic mass is 16.5. The van der Waals surface area contributed by atoms with Gasteiger partial charge in [0.25, 0.3) is 0 Å². The number of methoxy groups -OCH3 is 1. The van der Waals surface area contributed by atoms with Crippen LogP contribution in [0.4, 0.5) is 5.82 Å². The maximum Gasteiger partial charge on any atom is 0.146 e. The minimum atomic E-state index is -0.0706. The molecule has 0 unspecified atom stereocenters. The molecular formula is C9H15N3O. The predicted molar refractivity (Wildman–Crippen MR) is 51.3 cm³/mol. The van der Waals surface area contributed by atoms with E-state index in [1.54, 1.807) is 13.3 Å². The highest BCUT2D eigenvalue weighted by Crippen LogP contribution is 2.22. The lowest BCUT2D eigenvalue weighted by atomic mass is 9.87. The standard InChI is InChI=1S/C9H15N3O/c1-9(2,6-13-3)7-4-8(10)12-11-5-7/h4-5H,6H2,1-3H3,(H2,10,12). The molecule has 0 bridgehead atoms. The number of rotatable bonds is 3. The number of hydrogen-bond acceptors (Lipinski definition) is 4. The van der Waals surface area contributed by atoms with Gasteiger partial charge in [-0.15, -0.1) is 5.10 Å². The van der Waals surface area contributed by atoms with Crippen LogP contribution in [0.5, 0.6) is 0 Å². The van der Waals surface area contributed by atoms with Gasteiger partial charge in [-0.25, -0.2) is 0 Å². The fourth-order valence-electron chi connectivity index (χ4n) is 1.20. The van der Waals surface area contributed by atoms with Crippen molar-refractivity contribution in [3.63, 3.8) is 0 Å². The lowest BCUT2D eigenvalue weighted by Crippen LogP contribution is -2.24. The summed E-state index contributed by atoms with van der Waals surface area (Å²) in [6, 6.07) is 1.83. The summed E-state index contributed by atoms with van der Waals surface area (Å²) in [6.45, 7) is 4.79. The molecule has 4 heteroatoms. The van der Waals surface area contributed by atoms with Crippen LogP contribution < -0.4 is 5.73 Å². The minimum Gasteiger partial charge on any atom is -0.384 e. The third-order valence-corrected chi connectivity index (χ3v) is 1.96. The molecule has 0 aliphatic heterocycles. The van der Waals surface area contributed by atoms with Crippen molar-refractivity contribution in [2.45, 2.75) is 19.3 Å². The summed E-state index contributed by atoms with van der Waals surface area (Å²) >= 11 is 0. The van der Waals surface area contributed by atoms with Crippen LogP contribution in [-0.2, 0) is 10.2 Å². The summed E-state index contributed by atoms with van der Waals surface area (Å²) in [4.78, 5) is 0. The van der Waals surface area contributed by atoms with Crippen molar-refractivity contribution in [2.24, 2.45) is 0 Å². The molecule has 0 saturated carbocycles. The van der Waals surface area contributed by atoms with E-state index in [2.05, 4.69) is 24.0 Å². The molecule has 0 aliphatic rings. The summed E-state index contributed by atoms with van der Waals surface area (Å²) in [7, 11) is 1.68. The van der Waals surface area contributed by atoms with Crippen molar-refractivity contribution in [3.8, 4) is 0 Å². The zero-order valence-electron chi connectivity index (χ0n) is 8.24. The Morgan fingerprint density at radius 2 is 2.23 bits per heavy atom. The monoisotopic (exact) mass is 181 g/mol. The third-order valence-electron chi connectivity index (χ3n) is 1.96. The largest absolute Gasteiger partial charge is 0.384 e. The molecule has 1 rings (SSSR count). The van der Waals surface area contributed by atoms with Gasteiger partial charge in [-0.3, -0.25) is 0 Å². The SMILES string of the molecule is COCC(C)(C)c1cnnc(N)c1. The van der Waals surface area contributed by atoms with Crippen LogP contribution >= 0.6 is 0 Å². The van der Waals surface area contributed by atoms with Gasteiger partial charge in [-0.05, 0) is 11.6 Å². The average molecular weight is 181 g/mol. The zero-order chi connectivity index (χ0) is 9.90. The van der Waals surface area contributed by atoms with E-state index in [4.69, 9.17) is 10.5 Å². The number of ether oxygens (including phenoxy) is 1. The molecule has 0 amide bonds. The number of nitrogens with two attached hydrogens (primary N) is 1. The molecule has 2 N–H and O–H groups in total. The van der Waals surface area contributed by atoms with Crippen LogP contribution in [-0.4, -0.2) is 23.9 Å². The van der Waals surface area contributed by atoms with Crippen molar-refractivity contribution in [2.75, 3.05) is 19.5 Å². The van der Waals surface area contributed by atoms with Crippen LogP contribution in [0.2, 0.25) is 0 Å². The fraction of sp³-hybridized carbons (Fsp3) is 0.556. The average Bonchev–Trinajstić information content (AvgIpc) is 2.04. The van der Waals surface area contributed by atoms with Crippen molar-refractivity contribution in [1.29, 1.82) is 0 Å². The number of anilines is 1. The lowest BCUT2D eigenvalue weighted by molar-refractivity contribution is 0.146. The minimum absolute atomic E-state index is 0.0706. The van der Waals surface area contributed by atoms with Crippen LogP contribution in [0.15, 0.2) is 12.3 Å². The highest BCUT2D eigenvalue weighted by molar-refractivity contribution is 5.33. The molecule has 0 aliphatic carbocycles. The van der Waals surface area contributed by atoms with E-state index in [-0.39, 0.29) is 5.41 Å². The van der Waals surface area contributed by atoms with E-state index in [0.29, 0.717) is 12.4 Å². The van der Waals surface area contributed by atoms with Gasteiger partial charge in [-0.1, -0.05) is 13.8 Å². The highest BCUT2D eigenvalue weighted by Gasteiger charge is 2.21. The van der Waals surface area contributed by atoms with E-state index in [0.717, 1.165) is 5.56 Å². The first-order valence-electron chi connectivity index (χ1n) is 4.14. The molecule has 1 heterocycles. The van der Waals surface area contributed by atoms with Gasteiger partial charge >= 0.3 is 0 Å². The number of aromatic nitrogens is 2.